The van der Waals surface area contributed by atoms with Gasteiger partial charge in [0.05, 0.1) is 19.5 Å². The first-order valence-electron chi connectivity index (χ1n) is 9.01. The van der Waals surface area contributed by atoms with Gasteiger partial charge in [-0.05, 0) is 29.8 Å². The van der Waals surface area contributed by atoms with E-state index in [1.807, 2.05) is 59.3 Å². The molecule has 0 amide bonds. The van der Waals surface area contributed by atoms with E-state index >= 15 is 0 Å². The van der Waals surface area contributed by atoms with Crippen LogP contribution in [0.2, 0.25) is 0 Å². The summed E-state index contributed by atoms with van der Waals surface area (Å²) in [5, 5.41) is 8.89. The fraction of sp³-hybridized carbons (Fsp3) is 0.182. The van der Waals surface area contributed by atoms with Gasteiger partial charge in [0.25, 0.3) is 0 Å². The molecular weight excluding hydrogens is 356 g/mol. The van der Waals surface area contributed by atoms with Gasteiger partial charge in [0.1, 0.15) is 11.5 Å². The van der Waals surface area contributed by atoms with Crippen LogP contribution in [0.5, 0.6) is 11.5 Å². The second-order valence-corrected chi connectivity index (χ2v) is 6.14. The molecule has 0 fully saturated rings. The van der Waals surface area contributed by atoms with E-state index in [1.54, 1.807) is 18.6 Å². The van der Waals surface area contributed by atoms with Gasteiger partial charge in [-0.2, -0.15) is 0 Å². The molecule has 3 rings (SSSR count). The molecule has 144 valence electrons. The van der Waals surface area contributed by atoms with Crippen molar-refractivity contribution < 1.29 is 19.4 Å². The molecule has 2 aromatic carbocycles. The smallest absolute Gasteiger partial charge is 0.328 e. The monoisotopic (exact) mass is 378 g/mol. The fourth-order valence-corrected chi connectivity index (χ4v) is 2.64. The Hall–Kier alpha value is -3.54. The number of carboxylic acid groups (broad SMARTS) is 1. The second-order valence-electron chi connectivity index (χ2n) is 6.14. The van der Waals surface area contributed by atoms with Crippen molar-refractivity contribution >= 4 is 12.0 Å². The SMILES string of the molecule is O=C(O)C=Cc1ccc(Cn2ccnc2)cc1OCCCOc1ccccc1. The van der Waals surface area contributed by atoms with Crippen LogP contribution in [0.3, 0.4) is 0 Å². The Morgan fingerprint density at radius 1 is 1.11 bits per heavy atom. The number of imidazole rings is 1. The number of hydrogen-bond acceptors (Lipinski definition) is 4. The van der Waals surface area contributed by atoms with Crippen LogP contribution in [-0.2, 0) is 11.3 Å². The lowest BCUT2D eigenvalue weighted by molar-refractivity contribution is -0.131. The largest absolute Gasteiger partial charge is 0.493 e. The molecule has 0 aliphatic rings. The van der Waals surface area contributed by atoms with Gasteiger partial charge in [-0.15, -0.1) is 0 Å². The molecule has 0 unspecified atom stereocenters. The zero-order valence-corrected chi connectivity index (χ0v) is 15.4. The summed E-state index contributed by atoms with van der Waals surface area (Å²) in [7, 11) is 0. The van der Waals surface area contributed by atoms with Gasteiger partial charge in [-0.3, -0.25) is 0 Å². The third kappa shape index (κ3) is 6.02. The van der Waals surface area contributed by atoms with Crippen LogP contribution in [0.1, 0.15) is 17.5 Å². The third-order valence-corrected chi connectivity index (χ3v) is 3.97. The van der Waals surface area contributed by atoms with Crippen LogP contribution in [-0.4, -0.2) is 33.8 Å². The van der Waals surface area contributed by atoms with Crippen LogP contribution in [0, 0.1) is 0 Å². The van der Waals surface area contributed by atoms with E-state index < -0.39 is 5.97 Å². The average Bonchev–Trinajstić information content (AvgIpc) is 3.21. The molecule has 1 N–H and O–H groups in total. The van der Waals surface area contributed by atoms with Crippen molar-refractivity contribution in [2.24, 2.45) is 0 Å². The molecule has 1 aromatic heterocycles. The van der Waals surface area contributed by atoms with Crippen LogP contribution in [0.25, 0.3) is 6.08 Å². The Balaban J connectivity index is 1.61. The first-order chi connectivity index (χ1) is 13.7. The normalized spacial score (nSPS) is 10.9. The Morgan fingerprint density at radius 2 is 1.93 bits per heavy atom. The van der Waals surface area contributed by atoms with Crippen LogP contribution < -0.4 is 9.47 Å². The maximum Gasteiger partial charge on any atom is 0.328 e. The van der Waals surface area contributed by atoms with E-state index in [2.05, 4.69) is 4.98 Å². The number of aliphatic carboxylic acids is 1. The van der Waals surface area contributed by atoms with Gasteiger partial charge < -0.3 is 19.1 Å². The molecule has 6 heteroatoms. The number of nitrogens with zero attached hydrogens (tertiary/aromatic N) is 2. The summed E-state index contributed by atoms with van der Waals surface area (Å²) in [4.78, 5) is 14.9. The van der Waals surface area contributed by atoms with Crippen molar-refractivity contribution in [3.63, 3.8) is 0 Å². The quantitative estimate of drug-likeness (QED) is 0.428. The molecule has 0 radical (unpaired) electrons. The van der Waals surface area contributed by atoms with E-state index in [0.29, 0.717) is 31.9 Å². The maximum absolute atomic E-state index is 10.8. The minimum Gasteiger partial charge on any atom is -0.493 e. The minimum absolute atomic E-state index is 0.468. The predicted octanol–water partition coefficient (Wildman–Crippen LogP) is 3.88. The zero-order chi connectivity index (χ0) is 19.6. The zero-order valence-electron chi connectivity index (χ0n) is 15.4. The number of para-hydroxylation sites is 1. The second kappa shape index (κ2) is 9.97. The molecule has 0 saturated carbocycles. The minimum atomic E-state index is -0.996. The van der Waals surface area contributed by atoms with E-state index in [4.69, 9.17) is 14.6 Å². The summed E-state index contributed by atoms with van der Waals surface area (Å²) in [6.07, 6.45) is 8.73. The highest BCUT2D eigenvalue weighted by atomic mass is 16.5. The first kappa shape index (κ1) is 19.2. The molecule has 28 heavy (non-hydrogen) atoms. The molecule has 0 atom stereocenters. The number of rotatable bonds is 10. The molecule has 0 aliphatic carbocycles. The molecule has 0 saturated heterocycles. The Labute approximate surface area is 163 Å². The van der Waals surface area contributed by atoms with Gasteiger partial charge in [0, 0.05) is 37.0 Å². The molecule has 1 heterocycles. The lowest BCUT2D eigenvalue weighted by Gasteiger charge is -2.12. The van der Waals surface area contributed by atoms with E-state index in [1.165, 1.54) is 0 Å². The fourth-order valence-electron chi connectivity index (χ4n) is 2.64. The maximum atomic E-state index is 10.8. The van der Waals surface area contributed by atoms with Gasteiger partial charge >= 0.3 is 5.97 Å². The number of hydrogen-bond donors (Lipinski definition) is 1. The van der Waals surface area contributed by atoms with Crippen LogP contribution >= 0.6 is 0 Å². The van der Waals surface area contributed by atoms with E-state index in [-0.39, 0.29) is 0 Å². The topological polar surface area (TPSA) is 73.6 Å². The third-order valence-electron chi connectivity index (χ3n) is 3.97. The molecule has 3 aromatic rings. The lowest BCUT2D eigenvalue weighted by Crippen LogP contribution is -2.06. The van der Waals surface area contributed by atoms with Crippen molar-refractivity contribution in [3.05, 3.63) is 84.5 Å². The number of carboxylic acids is 1. The average molecular weight is 378 g/mol. The van der Waals surface area contributed by atoms with Gasteiger partial charge in [-0.25, -0.2) is 9.78 Å². The van der Waals surface area contributed by atoms with Crippen molar-refractivity contribution in [2.75, 3.05) is 13.2 Å². The van der Waals surface area contributed by atoms with Gasteiger partial charge in [-0.1, -0.05) is 30.3 Å². The van der Waals surface area contributed by atoms with Crippen molar-refractivity contribution in [3.8, 4) is 11.5 Å². The molecule has 0 aliphatic heterocycles. The highest BCUT2D eigenvalue weighted by Crippen LogP contribution is 2.23. The lowest BCUT2D eigenvalue weighted by atomic mass is 10.1. The highest BCUT2D eigenvalue weighted by Gasteiger charge is 2.05. The Morgan fingerprint density at radius 3 is 2.68 bits per heavy atom. The molecule has 6 nitrogen and oxygen atoms in total. The summed E-state index contributed by atoms with van der Waals surface area (Å²) < 4.78 is 13.5. The van der Waals surface area contributed by atoms with E-state index in [0.717, 1.165) is 23.0 Å². The Kier molecular flexibility index (Phi) is 6.84. The standard InChI is InChI=1S/C22H22N2O4/c25-22(26)10-9-19-8-7-18(16-24-12-11-23-17-24)15-21(19)28-14-4-13-27-20-5-2-1-3-6-20/h1-3,5-12,15,17H,4,13-14,16H2,(H,25,26). The number of carbonyl (C=O) groups is 1. The Bertz CT molecular complexity index is 906. The van der Waals surface area contributed by atoms with Gasteiger partial charge in [0.2, 0.25) is 0 Å². The molecule has 0 spiro atoms. The van der Waals surface area contributed by atoms with Crippen molar-refractivity contribution in [1.82, 2.24) is 9.55 Å². The van der Waals surface area contributed by atoms with Crippen LogP contribution in [0.15, 0.2) is 73.3 Å². The van der Waals surface area contributed by atoms with Gasteiger partial charge in [0.15, 0.2) is 0 Å². The summed E-state index contributed by atoms with van der Waals surface area (Å²) in [6.45, 7) is 1.67. The molecule has 0 bridgehead atoms. The van der Waals surface area contributed by atoms with Crippen molar-refractivity contribution in [2.45, 2.75) is 13.0 Å². The first-order valence-corrected chi connectivity index (χ1v) is 9.01. The number of ether oxygens (including phenoxy) is 2. The summed E-state index contributed by atoms with van der Waals surface area (Å²) in [5.74, 6) is 0.481. The van der Waals surface area contributed by atoms with Crippen LogP contribution in [0.4, 0.5) is 0 Å². The summed E-state index contributed by atoms with van der Waals surface area (Å²) in [5.41, 5.74) is 1.77. The van der Waals surface area contributed by atoms with Crippen molar-refractivity contribution in [1.29, 1.82) is 0 Å². The van der Waals surface area contributed by atoms with E-state index in [9.17, 15) is 4.79 Å². The number of benzene rings is 2. The summed E-state index contributed by atoms with van der Waals surface area (Å²) in [6, 6.07) is 15.4. The predicted molar refractivity (Wildman–Crippen MR) is 106 cm³/mol. The molecular formula is C22H22N2O4. The highest BCUT2D eigenvalue weighted by molar-refractivity contribution is 5.85. The number of aromatic nitrogens is 2. The summed E-state index contributed by atoms with van der Waals surface area (Å²) >= 11 is 0.